The molecule has 0 atom stereocenters. The molecule has 1 aromatic heterocycles. The number of nitrogens with zero attached hydrogens (tertiary/aromatic N) is 2. The second-order valence-electron chi connectivity index (χ2n) is 6.92. The molecule has 0 bridgehead atoms. The van der Waals surface area contributed by atoms with Crippen LogP contribution < -0.4 is 4.90 Å². The number of halogens is 3. The number of thiazole rings is 1. The van der Waals surface area contributed by atoms with Crippen molar-refractivity contribution in [2.45, 2.75) is 33.6 Å². The number of ether oxygens (including phenoxy) is 1. The molecule has 0 fully saturated rings. The number of amides is 1. The van der Waals surface area contributed by atoms with E-state index < -0.39 is 17.7 Å². The van der Waals surface area contributed by atoms with Crippen molar-refractivity contribution < 1.29 is 27.5 Å². The molecule has 162 valence electrons. The summed E-state index contributed by atoms with van der Waals surface area (Å²) >= 11 is 1.22. The van der Waals surface area contributed by atoms with Crippen molar-refractivity contribution in [2.24, 2.45) is 0 Å². The molecule has 3 rings (SSSR count). The van der Waals surface area contributed by atoms with Crippen LogP contribution in [0.2, 0.25) is 0 Å². The largest absolute Gasteiger partial charge is 0.456 e. The third-order valence-corrected chi connectivity index (χ3v) is 5.31. The zero-order valence-corrected chi connectivity index (χ0v) is 17.8. The molecule has 0 radical (unpaired) electrons. The van der Waals surface area contributed by atoms with E-state index in [1.807, 2.05) is 32.0 Å². The molecule has 0 aliphatic heterocycles. The highest BCUT2D eigenvalue weighted by molar-refractivity contribution is 7.14. The lowest BCUT2D eigenvalue weighted by Gasteiger charge is -2.20. The molecule has 9 heteroatoms. The first-order valence-corrected chi connectivity index (χ1v) is 10.1. The van der Waals surface area contributed by atoms with Crippen molar-refractivity contribution in [3.05, 3.63) is 75.8 Å². The van der Waals surface area contributed by atoms with E-state index in [9.17, 15) is 22.8 Å². The smallest absolute Gasteiger partial charge is 0.416 e. The first-order valence-electron chi connectivity index (χ1n) is 9.23. The minimum Gasteiger partial charge on any atom is -0.456 e. The molecule has 2 aromatic carbocycles. The van der Waals surface area contributed by atoms with Crippen LogP contribution in [0.15, 0.2) is 47.8 Å². The van der Waals surface area contributed by atoms with E-state index >= 15 is 0 Å². The van der Waals surface area contributed by atoms with Crippen LogP contribution in [0.4, 0.5) is 24.0 Å². The van der Waals surface area contributed by atoms with Gasteiger partial charge in [-0.25, -0.2) is 9.78 Å². The van der Waals surface area contributed by atoms with Gasteiger partial charge in [-0.15, -0.1) is 11.3 Å². The lowest BCUT2D eigenvalue weighted by molar-refractivity contribution is -0.137. The quantitative estimate of drug-likeness (QED) is 0.462. The number of rotatable bonds is 5. The number of aryl methyl sites for hydroxylation is 2. The number of aromatic nitrogens is 1. The summed E-state index contributed by atoms with van der Waals surface area (Å²) in [5.74, 6) is -0.976. The van der Waals surface area contributed by atoms with Gasteiger partial charge in [0, 0.05) is 12.3 Å². The molecule has 3 aromatic rings. The molecule has 0 saturated carbocycles. The Morgan fingerprint density at radius 3 is 2.35 bits per heavy atom. The first kappa shape index (κ1) is 22.5. The lowest BCUT2D eigenvalue weighted by Crippen LogP contribution is -2.23. The SMILES string of the molecule is CC(=O)N(c1nc(COC(=O)c2ccc(C(F)(F)F)cc2)cs1)c1ccc(C)cc1C. The molecule has 0 aliphatic carbocycles. The van der Waals surface area contributed by atoms with Crippen molar-refractivity contribution in [1.82, 2.24) is 4.98 Å². The summed E-state index contributed by atoms with van der Waals surface area (Å²) in [4.78, 5) is 30.3. The number of hydrogen-bond acceptors (Lipinski definition) is 5. The van der Waals surface area contributed by atoms with E-state index in [1.54, 1.807) is 5.38 Å². The van der Waals surface area contributed by atoms with Crippen molar-refractivity contribution in [3.63, 3.8) is 0 Å². The zero-order chi connectivity index (χ0) is 22.8. The van der Waals surface area contributed by atoms with Crippen molar-refractivity contribution in [3.8, 4) is 0 Å². The van der Waals surface area contributed by atoms with Crippen molar-refractivity contribution in [1.29, 1.82) is 0 Å². The lowest BCUT2D eigenvalue weighted by atomic mass is 10.1. The van der Waals surface area contributed by atoms with E-state index in [4.69, 9.17) is 4.74 Å². The fourth-order valence-corrected chi connectivity index (χ4v) is 3.81. The maximum absolute atomic E-state index is 12.6. The Kier molecular flexibility index (Phi) is 6.45. The summed E-state index contributed by atoms with van der Waals surface area (Å²) in [5, 5.41) is 2.09. The van der Waals surface area contributed by atoms with Crippen molar-refractivity contribution in [2.75, 3.05) is 4.90 Å². The third kappa shape index (κ3) is 5.29. The van der Waals surface area contributed by atoms with Gasteiger partial charge in [0.05, 0.1) is 22.5 Å². The van der Waals surface area contributed by atoms with Crippen LogP contribution in [0.5, 0.6) is 0 Å². The highest BCUT2D eigenvalue weighted by Crippen LogP contribution is 2.32. The van der Waals surface area contributed by atoms with E-state index in [-0.39, 0.29) is 18.1 Å². The number of carbonyl (C=O) groups excluding carboxylic acids is 2. The Bertz CT molecular complexity index is 1110. The molecule has 5 nitrogen and oxygen atoms in total. The summed E-state index contributed by atoms with van der Waals surface area (Å²) in [6.45, 7) is 5.13. The van der Waals surface area contributed by atoms with Gasteiger partial charge < -0.3 is 4.74 Å². The molecule has 0 unspecified atom stereocenters. The molecule has 1 heterocycles. The van der Waals surface area contributed by atoms with Gasteiger partial charge in [-0.3, -0.25) is 9.69 Å². The maximum atomic E-state index is 12.6. The van der Waals surface area contributed by atoms with Gasteiger partial charge in [0.1, 0.15) is 6.61 Å². The fourth-order valence-electron chi connectivity index (χ4n) is 2.95. The Hall–Kier alpha value is -3.20. The Morgan fingerprint density at radius 2 is 1.77 bits per heavy atom. The van der Waals surface area contributed by atoms with Crippen molar-refractivity contribution >= 4 is 34.0 Å². The predicted molar refractivity (Wildman–Crippen MR) is 111 cm³/mol. The van der Waals surface area contributed by atoms with Gasteiger partial charge in [-0.2, -0.15) is 13.2 Å². The average Bonchev–Trinajstić information content (AvgIpc) is 3.15. The van der Waals surface area contributed by atoms with E-state index in [0.717, 1.165) is 35.4 Å². The molecule has 0 N–H and O–H groups in total. The summed E-state index contributed by atoms with van der Waals surface area (Å²) in [5.41, 5.74) is 2.28. The Labute approximate surface area is 181 Å². The maximum Gasteiger partial charge on any atom is 0.416 e. The van der Waals surface area contributed by atoms with Gasteiger partial charge in [-0.05, 0) is 49.7 Å². The summed E-state index contributed by atoms with van der Waals surface area (Å²) in [6, 6.07) is 9.49. The van der Waals surface area contributed by atoms with Gasteiger partial charge in [-0.1, -0.05) is 17.7 Å². The van der Waals surface area contributed by atoms with Crippen LogP contribution in [0.1, 0.15) is 39.7 Å². The van der Waals surface area contributed by atoms with E-state index in [1.165, 1.54) is 23.2 Å². The van der Waals surface area contributed by atoms with Gasteiger partial charge in [0.2, 0.25) is 5.91 Å². The summed E-state index contributed by atoms with van der Waals surface area (Å²) in [7, 11) is 0. The molecular formula is C22H19F3N2O3S. The van der Waals surface area contributed by atoms with Gasteiger partial charge in [0.25, 0.3) is 0 Å². The second kappa shape index (κ2) is 8.89. The molecule has 31 heavy (non-hydrogen) atoms. The zero-order valence-electron chi connectivity index (χ0n) is 17.0. The molecule has 0 spiro atoms. The van der Waals surface area contributed by atoms with Crippen LogP contribution >= 0.6 is 11.3 Å². The average molecular weight is 448 g/mol. The third-order valence-electron chi connectivity index (χ3n) is 4.44. The standard InChI is InChI=1S/C22H19F3N2O3S/c1-13-4-9-19(14(2)10-13)27(15(3)28)21-26-18(12-31-21)11-30-20(29)16-5-7-17(8-6-16)22(23,24)25/h4-10,12H,11H2,1-3H3. The van der Waals surface area contributed by atoms with E-state index in [2.05, 4.69) is 4.98 Å². The highest BCUT2D eigenvalue weighted by Gasteiger charge is 2.30. The highest BCUT2D eigenvalue weighted by atomic mass is 32.1. The van der Waals surface area contributed by atoms with Crippen LogP contribution in [0, 0.1) is 13.8 Å². The predicted octanol–water partition coefficient (Wildman–Crippen LogP) is 5.82. The number of hydrogen-bond donors (Lipinski definition) is 0. The Morgan fingerprint density at radius 1 is 1.10 bits per heavy atom. The van der Waals surface area contributed by atoms with Crippen LogP contribution in [-0.2, 0) is 22.3 Å². The van der Waals surface area contributed by atoms with Gasteiger partial charge in [0.15, 0.2) is 5.13 Å². The minimum absolute atomic E-state index is 0.00379. The van der Waals surface area contributed by atoms with Crippen LogP contribution in [-0.4, -0.2) is 16.9 Å². The Balaban J connectivity index is 1.71. The summed E-state index contributed by atoms with van der Waals surface area (Å²) < 4.78 is 43.1. The first-order chi connectivity index (χ1) is 14.6. The number of carbonyl (C=O) groups is 2. The number of benzene rings is 2. The topological polar surface area (TPSA) is 59.5 Å². The second-order valence-corrected chi connectivity index (χ2v) is 7.75. The van der Waals surface area contributed by atoms with Crippen LogP contribution in [0.3, 0.4) is 0 Å². The van der Waals surface area contributed by atoms with Crippen LogP contribution in [0.25, 0.3) is 0 Å². The number of anilines is 2. The number of esters is 1. The number of alkyl halides is 3. The van der Waals surface area contributed by atoms with E-state index in [0.29, 0.717) is 16.5 Å². The monoisotopic (exact) mass is 448 g/mol. The molecule has 0 saturated heterocycles. The minimum atomic E-state index is -4.47. The molecule has 0 aliphatic rings. The van der Waals surface area contributed by atoms with Gasteiger partial charge >= 0.3 is 12.1 Å². The molecular weight excluding hydrogens is 429 g/mol. The normalized spacial score (nSPS) is 11.3. The molecule has 1 amide bonds. The fraction of sp³-hybridized carbons (Fsp3) is 0.227. The summed E-state index contributed by atoms with van der Waals surface area (Å²) in [6.07, 6.45) is -4.47.